The summed E-state index contributed by atoms with van der Waals surface area (Å²) in [7, 11) is 0. The molecule has 2 fully saturated rings. The fourth-order valence-corrected chi connectivity index (χ4v) is 4.35. The molecule has 0 radical (unpaired) electrons. The molecule has 0 aromatic heterocycles. The number of hydrogen-bond acceptors (Lipinski definition) is 5. The fraction of sp³-hybridized carbons (Fsp3) is 0.696. The van der Waals surface area contributed by atoms with Gasteiger partial charge in [0.1, 0.15) is 18.1 Å². The van der Waals surface area contributed by atoms with Gasteiger partial charge in [0, 0.05) is 12.6 Å². The molecular formula is C23H37N3O3. The van der Waals surface area contributed by atoms with Crippen molar-refractivity contribution in [3.63, 3.8) is 0 Å². The van der Waals surface area contributed by atoms with Crippen LogP contribution in [0.25, 0.3) is 0 Å². The number of hydrogen-bond donors (Lipinski definition) is 1. The van der Waals surface area contributed by atoms with E-state index in [0.29, 0.717) is 32.3 Å². The van der Waals surface area contributed by atoms with Crippen LogP contribution in [0.5, 0.6) is 11.5 Å². The van der Waals surface area contributed by atoms with Crippen molar-refractivity contribution in [3.05, 3.63) is 24.3 Å². The van der Waals surface area contributed by atoms with Crippen LogP contribution < -0.4 is 14.8 Å². The lowest BCUT2D eigenvalue weighted by Gasteiger charge is -2.38. The lowest BCUT2D eigenvalue weighted by Crippen LogP contribution is -2.50. The predicted octanol–water partition coefficient (Wildman–Crippen LogP) is 2.92. The molecule has 3 rings (SSSR count). The summed E-state index contributed by atoms with van der Waals surface area (Å²) in [5.74, 6) is 1.73. The molecule has 0 bridgehead atoms. The minimum absolute atomic E-state index is 0.0943. The average molecular weight is 404 g/mol. The van der Waals surface area contributed by atoms with Gasteiger partial charge < -0.3 is 14.8 Å². The molecule has 2 saturated heterocycles. The largest absolute Gasteiger partial charge is 0.494 e. The van der Waals surface area contributed by atoms with Crippen LogP contribution in [-0.2, 0) is 4.79 Å². The maximum atomic E-state index is 12.3. The number of amides is 1. The first kappa shape index (κ1) is 21.9. The Morgan fingerprint density at radius 1 is 1.00 bits per heavy atom. The van der Waals surface area contributed by atoms with Crippen LogP contribution in [0, 0.1) is 0 Å². The fourth-order valence-electron chi connectivity index (χ4n) is 4.35. The van der Waals surface area contributed by atoms with Crippen LogP contribution in [-0.4, -0.2) is 74.2 Å². The molecule has 6 nitrogen and oxygen atoms in total. The van der Waals surface area contributed by atoms with Crippen LogP contribution in [0.1, 0.15) is 45.4 Å². The Morgan fingerprint density at radius 3 is 2.38 bits per heavy atom. The first-order valence-electron chi connectivity index (χ1n) is 11.3. The van der Waals surface area contributed by atoms with Crippen molar-refractivity contribution in [1.29, 1.82) is 0 Å². The third kappa shape index (κ3) is 7.52. The first-order valence-corrected chi connectivity index (χ1v) is 11.3. The van der Waals surface area contributed by atoms with Gasteiger partial charge in [-0.15, -0.1) is 0 Å². The number of nitrogens with one attached hydrogen (secondary N) is 1. The Kier molecular flexibility index (Phi) is 9.09. The molecule has 6 heteroatoms. The standard InChI is InChI=1S/C23H37N3O3/c1-2-28-21-9-11-22(12-10-21)29-17-13-24-23(27)19-25-14-7-8-20(18-25)26-15-5-3-4-6-16-26/h9-12,20H,2-8,13-19H2,1H3,(H,24,27). The molecule has 2 aliphatic rings. The molecule has 162 valence electrons. The number of likely N-dealkylation sites (tertiary alicyclic amines) is 2. The van der Waals surface area contributed by atoms with Gasteiger partial charge in [0.2, 0.25) is 5.91 Å². The summed E-state index contributed by atoms with van der Waals surface area (Å²) in [5, 5.41) is 2.99. The Morgan fingerprint density at radius 2 is 1.69 bits per heavy atom. The van der Waals surface area contributed by atoms with Gasteiger partial charge in [0.15, 0.2) is 0 Å². The lowest BCUT2D eigenvalue weighted by molar-refractivity contribution is -0.122. The molecule has 1 N–H and O–H groups in total. The molecule has 0 spiro atoms. The molecule has 1 atom stereocenters. The third-order valence-electron chi connectivity index (χ3n) is 5.83. The molecule has 29 heavy (non-hydrogen) atoms. The SMILES string of the molecule is CCOc1ccc(OCCNC(=O)CN2CCCC(N3CCCCCC3)C2)cc1. The van der Waals surface area contributed by atoms with Gasteiger partial charge in [0.25, 0.3) is 0 Å². The lowest BCUT2D eigenvalue weighted by atomic mass is 10.0. The van der Waals surface area contributed by atoms with E-state index < -0.39 is 0 Å². The molecule has 0 saturated carbocycles. The first-order chi connectivity index (χ1) is 14.2. The van der Waals surface area contributed by atoms with Gasteiger partial charge in [-0.2, -0.15) is 0 Å². The van der Waals surface area contributed by atoms with Crippen molar-refractivity contribution in [3.8, 4) is 11.5 Å². The zero-order valence-electron chi connectivity index (χ0n) is 17.9. The Hall–Kier alpha value is -1.79. The van der Waals surface area contributed by atoms with E-state index in [-0.39, 0.29) is 5.91 Å². The van der Waals surface area contributed by atoms with E-state index in [1.165, 1.54) is 51.6 Å². The van der Waals surface area contributed by atoms with E-state index in [0.717, 1.165) is 24.6 Å². The molecule has 1 unspecified atom stereocenters. The summed E-state index contributed by atoms with van der Waals surface area (Å²) in [6.07, 6.45) is 7.85. The van der Waals surface area contributed by atoms with Crippen LogP contribution in [0.4, 0.5) is 0 Å². The quantitative estimate of drug-likeness (QED) is 0.643. The van der Waals surface area contributed by atoms with Crippen LogP contribution in [0.2, 0.25) is 0 Å². The number of piperidine rings is 1. The van der Waals surface area contributed by atoms with E-state index in [1.807, 2.05) is 31.2 Å². The number of benzene rings is 1. The van der Waals surface area contributed by atoms with Gasteiger partial charge in [-0.05, 0) is 76.5 Å². The zero-order chi connectivity index (χ0) is 20.3. The van der Waals surface area contributed by atoms with Crippen LogP contribution in [0.15, 0.2) is 24.3 Å². The summed E-state index contributed by atoms with van der Waals surface area (Å²) in [6.45, 7) is 8.62. The maximum Gasteiger partial charge on any atom is 0.234 e. The highest BCUT2D eigenvalue weighted by molar-refractivity contribution is 5.78. The van der Waals surface area contributed by atoms with Crippen molar-refractivity contribution < 1.29 is 14.3 Å². The second-order valence-corrected chi connectivity index (χ2v) is 8.08. The Balaban J connectivity index is 1.32. The van der Waals surface area contributed by atoms with Gasteiger partial charge in [-0.3, -0.25) is 14.6 Å². The minimum Gasteiger partial charge on any atom is -0.494 e. The molecule has 1 aromatic carbocycles. The van der Waals surface area contributed by atoms with E-state index in [2.05, 4.69) is 15.1 Å². The third-order valence-corrected chi connectivity index (χ3v) is 5.83. The summed E-state index contributed by atoms with van der Waals surface area (Å²) in [5.41, 5.74) is 0. The minimum atomic E-state index is 0.0943. The second-order valence-electron chi connectivity index (χ2n) is 8.08. The number of nitrogens with zero attached hydrogens (tertiary/aromatic N) is 2. The van der Waals surface area contributed by atoms with Crippen LogP contribution in [0.3, 0.4) is 0 Å². The number of rotatable bonds is 9. The van der Waals surface area contributed by atoms with Crippen molar-refractivity contribution in [1.82, 2.24) is 15.1 Å². The van der Waals surface area contributed by atoms with Crippen LogP contribution >= 0.6 is 0 Å². The zero-order valence-corrected chi connectivity index (χ0v) is 17.9. The average Bonchev–Trinajstić information content (AvgIpc) is 3.02. The number of carbonyl (C=O) groups excluding carboxylic acids is 1. The Labute approximate surface area is 175 Å². The molecular weight excluding hydrogens is 366 g/mol. The summed E-state index contributed by atoms with van der Waals surface area (Å²) >= 11 is 0. The Bertz CT molecular complexity index is 600. The van der Waals surface area contributed by atoms with E-state index in [4.69, 9.17) is 9.47 Å². The monoisotopic (exact) mass is 403 g/mol. The van der Waals surface area contributed by atoms with Crippen molar-refractivity contribution in [2.45, 2.75) is 51.5 Å². The highest BCUT2D eigenvalue weighted by atomic mass is 16.5. The van der Waals surface area contributed by atoms with Gasteiger partial charge >= 0.3 is 0 Å². The highest BCUT2D eigenvalue weighted by Crippen LogP contribution is 2.20. The van der Waals surface area contributed by atoms with Gasteiger partial charge in [-0.25, -0.2) is 0 Å². The smallest absolute Gasteiger partial charge is 0.234 e. The topological polar surface area (TPSA) is 54.0 Å². The summed E-state index contributed by atoms with van der Waals surface area (Å²) in [6, 6.07) is 8.20. The van der Waals surface area contributed by atoms with Crippen molar-refractivity contribution in [2.75, 3.05) is 52.5 Å². The summed E-state index contributed by atoms with van der Waals surface area (Å²) in [4.78, 5) is 17.3. The molecule has 2 heterocycles. The van der Waals surface area contributed by atoms with E-state index in [1.54, 1.807) is 0 Å². The molecule has 2 aliphatic heterocycles. The normalized spacial score (nSPS) is 21.3. The van der Waals surface area contributed by atoms with Crippen molar-refractivity contribution in [2.24, 2.45) is 0 Å². The predicted molar refractivity (Wildman–Crippen MR) is 116 cm³/mol. The maximum absolute atomic E-state index is 12.3. The molecule has 1 aromatic rings. The summed E-state index contributed by atoms with van der Waals surface area (Å²) < 4.78 is 11.1. The van der Waals surface area contributed by atoms with Gasteiger partial charge in [-0.1, -0.05) is 12.8 Å². The molecule has 1 amide bonds. The highest BCUT2D eigenvalue weighted by Gasteiger charge is 2.26. The van der Waals surface area contributed by atoms with Crippen molar-refractivity contribution >= 4 is 5.91 Å². The number of ether oxygens (including phenoxy) is 2. The number of carbonyl (C=O) groups is 1. The van der Waals surface area contributed by atoms with E-state index in [9.17, 15) is 4.79 Å². The molecule has 0 aliphatic carbocycles. The second kappa shape index (κ2) is 12.0. The van der Waals surface area contributed by atoms with E-state index >= 15 is 0 Å². The van der Waals surface area contributed by atoms with Gasteiger partial charge in [0.05, 0.1) is 19.7 Å².